The zero-order valence-corrected chi connectivity index (χ0v) is 11.6. The van der Waals surface area contributed by atoms with Crippen LogP contribution in [0.2, 0.25) is 0 Å². The zero-order chi connectivity index (χ0) is 13.1. The van der Waals surface area contributed by atoms with Crippen LogP contribution in [0.3, 0.4) is 0 Å². The third kappa shape index (κ3) is 4.27. The summed E-state index contributed by atoms with van der Waals surface area (Å²) in [6, 6.07) is 3.20. The number of likely N-dealkylation sites (tertiary alicyclic amines) is 1. The molecule has 0 bridgehead atoms. The molecule has 1 fully saturated rings. The Morgan fingerprint density at radius 2 is 2.24 bits per heavy atom. The number of likely N-dealkylation sites (N-methyl/N-ethyl adjacent to an activating group) is 1. The van der Waals surface area contributed by atoms with Gasteiger partial charge >= 0.3 is 0 Å². The van der Waals surface area contributed by atoms with Crippen LogP contribution in [0, 0.1) is 11.3 Å². The summed E-state index contributed by atoms with van der Waals surface area (Å²) < 4.78 is 0. The molecule has 3 unspecified atom stereocenters. The van der Waals surface area contributed by atoms with Gasteiger partial charge in [-0.3, -0.25) is 4.90 Å². The van der Waals surface area contributed by atoms with Gasteiger partial charge in [0.05, 0.1) is 6.07 Å². The summed E-state index contributed by atoms with van der Waals surface area (Å²) in [7, 11) is 4.28. The minimum absolute atomic E-state index is 0.382. The molecule has 0 aliphatic carbocycles. The molecule has 0 spiro atoms. The smallest absolute Gasteiger partial charge is 0.102 e. The third-order valence-corrected chi connectivity index (χ3v) is 3.76. The normalized spacial score (nSPS) is 27.5. The molecule has 0 aromatic carbocycles. The number of hydrogen-bond donors (Lipinski definition) is 1. The number of nitrogens with two attached hydrogens (primary N) is 1. The monoisotopic (exact) mass is 238 g/mol. The van der Waals surface area contributed by atoms with Gasteiger partial charge in [0.25, 0.3) is 0 Å². The molecule has 3 atom stereocenters. The first-order chi connectivity index (χ1) is 7.85. The molecule has 2 N–H and O–H groups in total. The first-order valence-electron chi connectivity index (χ1n) is 6.46. The van der Waals surface area contributed by atoms with Gasteiger partial charge in [-0.1, -0.05) is 0 Å². The zero-order valence-electron chi connectivity index (χ0n) is 11.6. The van der Waals surface area contributed by atoms with Gasteiger partial charge in [-0.05, 0) is 53.8 Å². The highest BCUT2D eigenvalue weighted by Crippen LogP contribution is 2.20. The lowest BCUT2D eigenvalue weighted by Gasteiger charge is -2.40. The maximum atomic E-state index is 8.98. The van der Waals surface area contributed by atoms with Gasteiger partial charge in [0, 0.05) is 18.6 Å². The maximum Gasteiger partial charge on any atom is 0.102 e. The molecule has 17 heavy (non-hydrogen) atoms. The predicted molar refractivity (Wildman–Crippen MR) is 70.6 cm³/mol. The number of nitriles is 1. The quantitative estimate of drug-likeness (QED) is 0.795. The Balaban J connectivity index is 2.52. The Hall–Kier alpha value is -0.630. The summed E-state index contributed by atoms with van der Waals surface area (Å²) in [6.45, 7) is 6.22. The first-order valence-corrected chi connectivity index (χ1v) is 6.46. The molecule has 1 heterocycles. The Kier molecular flexibility index (Phi) is 4.93. The second kappa shape index (κ2) is 5.81. The number of hydrogen-bond acceptors (Lipinski definition) is 4. The summed E-state index contributed by atoms with van der Waals surface area (Å²) in [6.07, 6.45) is 3.25. The van der Waals surface area contributed by atoms with Crippen LogP contribution in [0.5, 0.6) is 0 Å². The van der Waals surface area contributed by atoms with Crippen LogP contribution in [-0.2, 0) is 0 Å². The molecule has 98 valence electrons. The topological polar surface area (TPSA) is 56.3 Å². The van der Waals surface area contributed by atoms with E-state index in [1.165, 1.54) is 12.8 Å². The summed E-state index contributed by atoms with van der Waals surface area (Å²) in [5, 5.41) is 8.98. The van der Waals surface area contributed by atoms with Crippen LogP contribution in [0.15, 0.2) is 0 Å². The van der Waals surface area contributed by atoms with Gasteiger partial charge < -0.3 is 10.6 Å². The first kappa shape index (κ1) is 14.4. The fourth-order valence-corrected chi connectivity index (χ4v) is 2.59. The molecule has 1 aliphatic rings. The van der Waals surface area contributed by atoms with Crippen molar-refractivity contribution in [1.82, 2.24) is 9.80 Å². The molecule has 0 aromatic rings. The Bertz CT molecular complexity index is 280. The molecule has 0 aromatic heterocycles. The van der Waals surface area contributed by atoms with E-state index >= 15 is 0 Å². The minimum atomic E-state index is -0.704. The lowest BCUT2D eigenvalue weighted by atomic mass is 9.94. The summed E-state index contributed by atoms with van der Waals surface area (Å²) in [4.78, 5) is 4.77. The van der Waals surface area contributed by atoms with Crippen molar-refractivity contribution < 1.29 is 0 Å². The van der Waals surface area contributed by atoms with Crippen LogP contribution in [0.1, 0.15) is 33.1 Å². The van der Waals surface area contributed by atoms with Gasteiger partial charge in [-0.15, -0.1) is 0 Å². The predicted octanol–water partition coefficient (Wildman–Crippen LogP) is 1.03. The van der Waals surface area contributed by atoms with Crippen molar-refractivity contribution in [3.63, 3.8) is 0 Å². The van der Waals surface area contributed by atoms with Crippen LogP contribution < -0.4 is 5.73 Å². The average Bonchev–Trinajstić information content (AvgIpc) is 2.28. The van der Waals surface area contributed by atoms with Crippen molar-refractivity contribution in [2.45, 2.75) is 50.7 Å². The maximum absolute atomic E-state index is 8.98. The molecule has 4 nitrogen and oxygen atoms in total. The number of piperidine rings is 1. The fourth-order valence-electron chi connectivity index (χ4n) is 2.59. The SMILES string of the molecule is CC(CC(C)(N)C#N)N1CCCC(N(C)C)C1. The molecule has 0 radical (unpaired) electrons. The summed E-state index contributed by atoms with van der Waals surface area (Å²) in [5.74, 6) is 0. The van der Waals surface area contributed by atoms with Gasteiger partial charge in [0.2, 0.25) is 0 Å². The van der Waals surface area contributed by atoms with Crippen LogP contribution in [0.25, 0.3) is 0 Å². The average molecular weight is 238 g/mol. The van der Waals surface area contributed by atoms with E-state index in [1.54, 1.807) is 0 Å². The molecule has 0 saturated carbocycles. The van der Waals surface area contributed by atoms with Crippen molar-refractivity contribution in [2.75, 3.05) is 27.2 Å². The van der Waals surface area contributed by atoms with E-state index in [2.05, 4.69) is 36.9 Å². The van der Waals surface area contributed by atoms with E-state index in [1.807, 2.05) is 6.92 Å². The Morgan fingerprint density at radius 3 is 2.76 bits per heavy atom. The van der Waals surface area contributed by atoms with E-state index in [4.69, 9.17) is 11.0 Å². The van der Waals surface area contributed by atoms with Crippen molar-refractivity contribution in [3.8, 4) is 6.07 Å². The Labute approximate surface area is 105 Å². The lowest BCUT2D eigenvalue weighted by molar-refractivity contribution is 0.0932. The van der Waals surface area contributed by atoms with E-state index in [0.29, 0.717) is 12.1 Å². The third-order valence-electron chi connectivity index (χ3n) is 3.76. The second-order valence-corrected chi connectivity index (χ2v) is 5.84. The highest BCUT2D eigenvalue weighted by Gasteiger charge is 2.28. The second-order valence-electron chi connectivity index (χ2n) is 5.84. The van der Waals surface area contributed by atoms with E-state index in [0.717, 1.165) is 19.5 Å². The molecular weight excluding hydrogens is 212 g/mol. The van der Waals surface area contributed by atoms with Gasteiger partial charge in [-0.25, -0.2) is 0 Å². The summed E-state index contributed by atoms with van der Waals surface area (Å²) >= 11 is 0. The van der Waals surface area contributed by atoms with E-state index in [9.17, 15) is 0 Å². The van der Waals surface area contributed by atoms with E-state index < -0.39 is 5.54 Å². The molecule has 0 amide bonds. The van der Waals surface area contributed by atoms with Gasteiger partial charge in [0.1, 0.15) is 5.54 Å². The van der Waals surface area contributed by atoms with Crippen molar-refractivity contribution in [3.05, 3.63) is 0 Å². The Morgan fingerprint density at radius 1 is 1.59 bits per heavy atom. The number of rotatable bonds is 4. The van der Waals surface area contributed by atoms with E-state index in [-0.39, 0.29) is 0 Å². The largest absolute Gasteiger partial charge is 0.314 e. The van der Waals surface area contributed by atoms with Crippen LogP contribution in [0.4, 0.5) is 0 Å². The molecule has 1 rings (SSSR count). The summed E-state index contributed by atoms with van der Waals surface area (Å²) in [5.41, 5.74) is 5.22. The van der Waals surface area contributed by atoms with Crippen molar-refractivity contribution >= 4 is 0 Å². The standard InChI is InChI=1S/C13H26N4/c1-11(8-13(2,15)10-14)17-7-5-6-12(9-17)16(3)4/h11-12H,5-9,15H2,1-4H3. The highest BCUT2D eigenvalue weighted by molar-refractivity contribution is 5.03. The fraction of sp³-hybridized carbons (Fsp3) is 0.923. The van der Waals surface area contributed by atoms with Crippen LogP contribution >= 0.6 is 0 Å². The molecule has 1 aliphatic heterocycles. The minimum Gasteiger partial charge on any atom is -0.314 e. The van der Waals surface area contributed by atoms with Gasteiger partial charge in [0.15, 0.2) is 0 Å². The highest BCUT2D eigenvalue weighted by atomic mass is 15.2. The van der Waals surface area contributed by atoms with Crippen molar-refractivity contribution in [1.29, 1.82) is 5.26 Å². The van der Waals surface area contributed by atoms with Crippen LogP contribution in [-0.4, -0.2) is 54.6 Å². The van der Waals surface area contributed by atoms with Crippen molar-refractivity contribution in [2.24, 2.45) is 5.73 Å². The lowest BCUT2D eigenvalue weighted by Crippen LogP contribution is -2.51. The molecular formula is C13H26N4. The molecule has 1 saturated heterocycles. The molecule has 4 heteroatoms. The van der Waals surface area contributed by atoms with Gasteiger partial charge in [-0.2, -0.15) is 5.26 Å². The number of nitrogens with zero attached hydrogens (tertiary/aromatic N) is 3.